The van der Waals surface area contributed by atoms with E-state index in [0.717, 1.165) is 67.5 Å². The SMILES string of the molecule is CC1(C)CCc2ncc(-c3ccc(-c4ncc(N(C5CC5)[C@@H]5C[C@@H]6CC[C@@H](N6)[C@@H]5F)nn4)c(O)c3)cc2O1. The quantitative estimate of drug-likeness (QED) is 0.508. The van der Waals surface area contributed by atoms with Gasteiger partial charge in [0.05, 0.1) is 23.5 Å². The summed E-state index contributed by atoms with van der Waals surface area (Å²) >= 11 is 0. The molecule has 0 amide bonds. The van der Waals surface area contributed by atoms with Crippen molar-refractivity contribution in [3.05, 3.63) is 42.4 Å². The molecule has 0 radical (unpaired) electrons. The van der Waals surface area contributed by atoms with Gasteiger partial charge >= 0.3 is 0 Å². The maximum atomic E-state index is 15.4. The molecule has 3 fully saturated rings. The summed E-state index contributed by atoms with van der Waals surface area (Å²) in [6, 6.07) is 7.80. The second-order valence-electron chi connectivity index (χ2n) is 11.8. The monoisotopic (exact) mass is 516 g/mol. The number of piperidine rings is 1. The lowest BCUT2D eigenvalue weighted by atomic mass is 9.96. The molecule has 8 nitrogen and oxygen atoms in total. The van der Waals surface area contributed by atoms with Crippen LogP contribution in [0.25, 0.3) is 22.5 Å². The maximum absolute atomic E-state index is 15.4. The molecule has 3 aliphatic heterocycles. The number of ether oxygens (including phenoxy) is 1. The summed E-state index contributed by atoms with van der Waals surface area (Å²) in [6.45, 7) is 4.16. The number of nitrogens with one attached hydrogen (secondary N) is 1. The van der Waals surface area contributed by atoms with Crippen LogP contribution in [-0.4, -0.2) is 61.2 Å². The van der Waals surface area contributed by atoms with Gasteiger partial charge in [-0.15, -0.1) is 10.2 Å². The van der Waals surface area contributed by atoms with Gasteiger partial charge in [0.15, 0.2) is 11.6 Å². The number of nitrogens with zero attached hydrogens (tertiary/aromatic N) is 5. The molecule has 2 N–H and O–H groups in total. The number of hydrogen-bond acceptors (Lipinski definition) is 8. The Morgan fingerprint density at radius 3 is 2.68 bits per heavy atom. The normalized spacial score (nSPS) is 27.4. The molecule has 2 bridgehead atoms. The van der Waals surface area contributed by atoms with Gasteiger partial charge < -0.3 is 20.1 Å². The van der Waals surface area contributed by atoms with Crippen LogP contribution in [-0.2, 0) is 6.42 Å². The minimum Gasteiger partial charge on any atom is -0.507 e. The van der Waals surface area contributed by atoms with E-state index in [1.54, 1.807) is 18.3 Å². The summed E-state index contributed by atoms with van der Waals surface area (Å²) < 4.78 is 21.5. The van der Waals surface area contributed by atoms with Crippen molar-refractivity contribution < 1.29 is 14.2 Å². The van der Waals surface area contributed by atoms with Gasteiger partial charge in [0.2, 0.25) is 0 Å². The highest BCUT2D eigenvalue weighted by atomic mass is 19.1. The molecule has 1 aliphatic carbocycles. The first-order valence-corrected chi connectivity index (χ1v) is 13.7. The zero-order chi connectivity index (χ0) is 26.0. The Morgan fingerprint density at radius 2 is 1.92 bits per heavy atom. The van der Waals surface area contributed by atoms with Crippen molar-refractivity contribution in [2.45, 2.75) is 94.7 Å². The van der Waals surface area contributed by atoms with Crippen molar-refractivity contribution in [1.82, 2.24) is 25.5 Å². The van der Waals surface area contributed by atoms with Gasteiger partial charge in [0.1, 0.15) is 23.3 Å². The van der Waals surface area contributed by atoms with E-state index >= 15 is 4.39 Å². The molecule has 2 aromatic heterocycles. The molecule has 1 saturated carbocycles. The Bertz CT molecular complexity index is 1360. The number of halogens is 1. The topological polar surface area (TPSA) is 96.3 Å². The first-order chi connectivity index (χ1) is 18.3. The number of pyridine rings is 1. The Hall–Kier alpha value is -3.33. The average molecular weight is 517 g/mol. The summed E-state index contributed by atoms with van der Waals surface area (Å²) in [5.41, 5.74) is 2.94. The Morgan fingerprint density at radius 1 is 1.05 bits per heavy atom. The standard InChI is InChI=1S/C29H33FN6O2/c1-29(2)10-9-21-25(38-29)12-17(14-31-21)16-3-7-20(24(37)11-16)28-32-15-26(34-35-28)36(19-5-6-19)23-13-18-4-8-22(33-18)27(23)30/h3,7,11-12,14-15,18-19,22-23,27,33,37H,4-6,8-10,13H2,1-2H3/t18-,22+,23+,27-/m0/s1. The molecular formula is C29H33FN6O2. The van der Waals surface area contributed by atoms with Gasteiger partial charge in [-0.2, -0.15) is 0 Å². The molecule has 198 valence electrons. The number of hydrogen-bond donors (Lipinski definition) is 2. The third kappa shape index (κ3) is 4.26. The number of rotatable bonds is 5. The molecular weight excluding hydrogens is 483 g/mol. The summed E-state index contributed by atoms with van der Waals surface area (Å²) in [7, 11) is 0. The zero-order valence-electron chi connectivity index (χ0n) is 21.8. The third-order valence-corrected chi connectivity index (χ3v) is 8.52. The van der Waals surface area contributed by atoms with Crippen LogP contribution in [0.5, 0.6) is 11.5 Å². The van der Waals surface area contributed by atoms with E-state index in [1.807, 2.05) is 18.3 Å². The van der Waals surface area contributed by atoms with E-state index in [-0.39, 0.29) is 23.4 Å². The second-order valence-corrected chi connectivity index (χ2v) is 11.8. The summed E-state index contributed by atoms with van der Waals surface area (Å²) in [5, 5.41) is 23.1. The molecule has 0 spiro atoms. The maximum Gasteiger partial charge on any atom is 0.185 e. The smallest absolute Gasteiger partial charge is 0.185 e. The predicted molar refractivity (Wildman–Crippen MR) is 142 cm³/mol. The number of anilines is 1. The van der Waals surface area contributed by atoms with Crippen LogP contribution in [0.2, 0.25) is 0 Å². The van der Waals surface area contributed by atoms with Crippen molar-refractivity contribution in [1.29, 1.82) is 0 Å². The molecule has 0 unspecified atom stereocenters. The third-order valence-electron chi connectivity index (χ3n) is 8.52. The lowest BCUT2D eigenvalue weighted by Crippen LogP contribution is -2.57. The van der Waals surface area contributed by atoms with Crippen LogP contribution >= 0.6 is 0 Å². The number of fused-ring (bicyclic) bond motifs is 3. The molecule has 38 heavy (non-hydrogen) atoms. The summed E-state index contributed by atoms with van der Waals surface area (Å²) in [5.74, 6) is 1.81. The lowest BCUT2D eigenvalue weighted by Gasteiger charge is -2.40. The molecule has 9 heteroatoms. The van der Waals surface area contributed by atoms with Crippen LogP contribution in [0, 0.1) is 0 Å². The van der Waals surface area contributed by atoms with Gasteiger partial charge in [-0.1, -0.05) is 6.07 Å². The van der Waals surface area contributed by atoms with Crippen molar-refractivity contribution in [2.75, 3.05) is 4.90 Å². The Labute approximate surface area is 221 Å². The lowest BCUT2D eigenvalue weighted by molar-refractivity contribution is 0.0831. The van der Waals surface area contributed by atoms with Gasteiger partial charge in [-0.25, -0.2) is 9.37 Å². The molecule has 7 rings (SSSR count). The number of benzene rings is 1. The van der Waals surface area contributed by atoms with Gasteiger partial charge in [0.25, 0.3) is 0 Å². The fourth-order valence-electron chi connectivity index (χ4n) is 6.31. The van der Waals surface area contributed by atoms with Crippen molar-refractivity contribution in [3.8, 4) is 34.0 Å². The Kier molecular flexibility index (Phi) is 5.54. The first-order valence-electron chi connectivity index (χ1n) is 13.7. The summed E-state index contributed by atoms with van der Waals surface area (Å²) in [4.78, 5) is 11.3. The number of alkyl halides is 1. The highest BCUT2D eigenvalue weighted by Crippen LogP contribution is 2.40. The number of aromatic hydroxyl groups is 1. The molecule has 3 aromatic rings. The fourth-order valence-corrected chi connectivity index (χ4v) is 6.31. The molecule has 4 atom stereocenters. The number of phenols is 1. The van der Waals surface area contributed by atoms with E-state index in [0.29, 0.717) is 29.3 Å². The molecule has 5 heterocycles. The minimum atomic E-state index is -0.929. The van der Waals surface area contributed by atoms with Gasteiger partial charge in [-0.3, -0.25) is 4.98 Å². The van der Waals surface area contributed by atoms with E-state index in [4.69, 9.17) is 4.74 Å². The number of aryl methyl sites for hydroxylation is 1. The molecule has 1 aromatic carbocycles. The average Bonchev–Trinajstić information content (AvgIpc) is 3.66. The van der Waals surface area contributed by atoms with Crippen molar-refractivity contribution in [2.24, 2.45) is 0 Å². The first kappa shape index (κ1) is 23.8. The summed E-state index contributed by atoms with van der Waals surface area (Å²) in [6.07, 6.45) is 9.17. The predicted octanol–water partition coefficient (Wildman–Crippen LogP) is 4.61. The van der Waals surface area contributed by atoms with Gasteiger partial charge in [0, 0.05) is 29.9 Å². The van der Waals surface area contributed by atoms with E-state index < -0.39 is 6.17 Å². The number of phenolic OH excluding ortho intramolecular Hbond substituents is 1. The largest absolute Gasteiger partial charge is 0.507 e. The van der Waals surface area contributed by atoms with Crippen LogP contribution in [0.3, 0.4) is 0 Å². The van der Waals surface area contributed by atoms with Crippen LogP contribution in [0.4, 0.5) is 10.2 Å². The van der Waals surface area contributed by atoms with E-state index in [2.05, 4.69) is 44.2 Å². The highest BCUT2D eigenvalue weighted by molar-refractivity contribution is 5.73. The molecule has 2 saturated heterocycles. The van der Waals surface area contributed by atoms with Crippen LogP contribution < -0.4 is 15.0 Å². The highest BCUT2D eigenvalue weighted by Gasteiger charge is 2.48. The fraction of sp³-hybridized carbons (Fsp3) is 0.517. The van der Waals surface area contributed by atoms with Crippen molar-refractivity contribution >= 4 is 5.82 Å². The van der Waals surface area contributed by atoms with E-state index in [9.17, 15) is 5.11 Å². The van der Waals surface area contributed by atoms with E-state index in [1.165, 1.54) is 0 Å². The molecule has 4 aliphatic rings. The Balaban J connectivity index is 1.13. The second kappa shape index (κ2) is 8.86. The minimum absolute atomic E-state index is 0.0637. The van der Waals surface area contributed by atoms with Crippen LogP contribution in [0.1, 0.15) is 58.1 Å². The van der Waals surface area contributed by atoms with Gasteiger partial charge in [-0.05, 0) is 82.6 Å². The number of aromatic nitrogens is 4. The van der Waals surface area contributed by atoms with Crippen LogP contribution in [0.15, 0.2) is 36.7 Å². The zero-order valence-corrected chi connectivity index (χ0v) is 21.8. The van der Waals surface area contributed by atoms with Crippen molar-refractivity contribution in [3.63, 3.8) is 0 Å².